The van der Waals surface area contributed by atoms with Crippen molar-refractivity contribution < 1.29 is 31.1 Å². The molecule has 0 radical (unpaired) electrons. The van der Waals surface area contributed by atoms with E-state index in [1.54, 1.807) is 11.9 Å². The molecule has 0 aromatic rings. The zero-order chi connectivity index (χ0) is 28.1. The minimum absolute atomic E-state index is 0.0424. The summed E-state index contributed by atoms with van der Waals surface area (Å²) in [5, 5.41) is 18.3. The van der Waals surface area contributed by atoms with Gasteiger partial charge in [-0.1, -0.05) is 0 Å². The molecular formula is C25H41F6N7O. The zero-order valence-corrected chi connectivity index (χ0v) is 22.4. The average Bonchev–Trinajstić information content (AvgIpc) is 3.38. The molecule has 8 atom stereocenters. The van der Waals surface area contributed by atoms with Gasteiger partial charge in [0, 0.05) is 32.6 Å². The van der Waals surface area contributed by atoms with Crippen molar-refractivity contribution in [3.63, 3.8) is 0 Å². The van der Waals surface area contributed by atoms with Crippen LogP contribution >= 0.6 is 0 Å². The molecule has 0 spiro atoms. The lowest BCUT2D eigenvalue weighted by Gasteiger charge is -2.46. The van der Waals surface area contributed by atoms with E-state index in [4.69, 9.17) is 10.1 Å². The van der Waals surface area contributed by atoms with Crippen LogP contribution in [0.4, 0.5) is 26.3 Å². The Morgan fingerprint density at radius 1 is 1.03 bits per heavy atom. The second-order valence-corrected chi connectivity index (χ2v) is 12.0. The molecular weight excluding hydrogens is 528 g/mol. The highest BCUT2D eigenvalue weighted by molar-refractivity contribution is 5.80. The number of fused-ring (bicyclic) bond motifs is 1. The van der Waals surface area contributed by atoms with Gasteiger partial charge < -0.3 is 14.5 Å². The monoisotopic (exact) mass is 569 g/mol. The Hall–Kier alpha value is -1.35. The topological polar surface area (TPSA) is 78.9 Å². The van der Waals surface area contributed by atoms with Gasteiger partial charge >= 0.3 is 12.8 Å². The quantitative estimate of drug-likeness (QED) is 0.367. The Kier molecular flexibility index (Phi) is 8.59. The molecule has 4 N–H and O–H groups in total. The standard InChI is InChI=1S/C25H41F6N7O/c1-36-12-18(25(29,30)31)34-21(36)14-8-6-13(7-9-14)11-38-22-16(37(2)24(38)32)10-33-20(35-22)19-15(26)4-3-5-17(19)39-23(27)28/h13-23,32-35H,3-12H2,1-2H3. The summed E-state index contributed by atoms with van der Waals surface area (Å²) >= 11 is 0. The van der Waals surface area contributed by atoms with Crippen molar-refractivity contribution in [1.82, 2.24) is 30.7 Å². The smallest absolute Gasteiger partial charge is 0.338 e. The van der Waals surface area contributed by atoms with Gasteiger partial charge in [0.15, 0.2) is 5.96 Å². The van der Waals surface area contributed by atoms with Crippen molar-refractivity contribution in [2.45, 2.75) is 101 Å². The summed E-state index contributed by atoms with van der Waals surface area (Å²) in [5.74, 6) is -0.00358. The lowest BCUT2D eigenvalue weighted by Crippen LogP contribution is -2.69. The van der Waals surface area contributed by atoms with Crippen LogP contribution in [0.15, 0.2) is 0 Å². The maximum absolute atomic E-state index is 15.0. The van der Waals surface area contributed by atoms with Gasteiger partial charge in [-0.25, -0.2) is 4.39 Å². The number of likely N-dealkylation sites (N-methyl/N-ethyl adjacent to an activating group) is 2. The largest absolute Gasteiger partial charge is 0.405 e. The van der Waals surface area contributed by atoms with Crippen LogP contribution in [0.25, 0.3) is 0 Å². The number of nitrogens with one attached hydrogen (secondary N) is 4. The highest BCUT2D eigenvalue weighted by atomic mass is 19.4. The van der Waals surface area contributed by atoms with Crippen LogP contribution in [-0.4, -0.2) is 110 Å². The second-order valence-electron chi connectivity index (χ2n) is 12.0. The zero-order valence-electron chi connectivity index (χ0n) is 22.4. The van der Waals surface area contributed by atoms with E-state index >= 15 is 4.39 Å². The summed E-state index contributed by atoms with van der Waals surface area (Å²) < 4.78 is 85.7. The maximum atomic E-state index is 15.0. The molecule has 0 amide bonds. The number of hydrogen-bond donors (Lipinski definition) is 4. The summed E-state index contributed by atoms with van der Waals surface area (Å²) in [7, 11) is 3.59. The molecule has 2 aliphatic carbocycles. The predicted octanol–water partition coefficient (Wildman–Crippen LogP) is 2.73. The molecule has 8 nitrogen and oxygen atoms in total. The lowest BCUT2D eigenvalue weighted by atomic mass is 9.80. The molecule has 5 rings (SSSR count). The van der Waals surface area contributed by atoms with Crippen LogP contribution in [-0.2, 0) is 4.74 Å². The van der Waals surface area contributed by atoms with Gasteiger partial charge in [0.2, 0.25) is 0 Å². The molecule has 0 aromatic carbocycles. The average molecular weight is 570 g/mol. The number of rotatable bonds is 6. The van der Waals surface area contributed by atoms with Crippen LogP contribution in [0.2, 0.25) is 0 Å². The predicted molar refractivity (Wildman–Crippen MR) is 133 cm³/mol. The number of guanidine groups is 1. The number of hydrogen-bond acceptors (Lipinski definition) is 6. The molecule has 8 unspecified atom stereocenters. The molecule has 224 valence electrons. The van der Waals surface area contributed by atoms with Crippen molar-refractivity contribution in [3.05, 3.63) is 0 Å². The van der Waals surface area contributed by atoms with Crippen molar-refractivity contribution in [2.75, 3.05) is 33.7 Å². The van der Waals surface area contributed by atoms with Gasteiger partial charge in [0.05, 0.1) is 24.5 Å². The van der Waals surface area contributed by atoms with Crippen LogP contribution in [0.1, 0.15) is 44.9 Å². The van der Waals surface area contributed by atoms with Gasteiger partial charge in [-0.15, -0.1) is 0 Å². The molecule has 2 saturated carbocycles. The fourth-order valence-electron chi connectivity index (χ4n) is 7.59. The van der Waals surface area contributed by atoms with Crippen molar-refractivity contribution in [2.24, 2.45) is 17.8 Å². The van der Waals surface area contributed by atoms with Crippen LogP contribution < -0.4 is 16.0 Å². The first kappa shape index (κ1) is 29.2. The first-order valence-electron chi connectivity index (χ1n) is 14.1. The molecule has 0 bridgehead atoms. The SMILES string of the molecule is CN1CC(C(F)(F)F)NC1C1CCC(CN2C(=N)N(C)C3CNC(C4C(F)CCCC4OC(F)F)NC32)CC1. The molecule has 5 aliphatic rings. The van der Waals surface area contributed by atoms with Gasteiger partial charge in [-0.05, 0) is 63.8 Å². The highest BCUT2D eigenvalue weighted by Gasteiger charge is 2.51. The van der Waals surface area contributed by atoms with Crippen molar-refractivity contribution >= 4 is 5.96 Å². The Balaban J connectivity index is 1.20. The number of nitrogens with zero attached hydrogens (tertiary/aromatic N) is 3. The van der Waals surface area contributed by atoms with Crippen molar-refractivity contribution in [1.29, 1.82) is 5.41 Å². The number of halogens is 6. The summed E-state index contributed by atoms with van der Waals surface area (Å²) in [6, 6.07) is -1.57. The van der Waals surface area contributed by atoms with E-state index in [1.807, 2.05) is 16.8 Å². The molecule has 0 aromatic heterocycles. The Morgan fingerprint density at radius 3 is 2.38 bits per heavy atom. The molecule has 39 heavy (non-hydrogen) atoms. The highest BCUT2D eigenvalue weighted by Crippen LogP contribution is 2.38. The maximum Gasteiger partial charge on any atom is 0.405 e. The van der Waals surface area contributed by atoms with E-state index in [-0.39, 0.29) is 36.8 Å². The summed E-state index contributed by atoms with van der Waals surface area (Å²) in [5.41, 5.74) is 0. The van der Waals surface area contributed by atoms with Gasteiger partial charge in [0.1, 0.15) is 18.4 Å². The molecule has 3 heterocycles. The molecule has 14 heteroatoms. The molecule has 3 aliphatic heterocycles. The van der Waals surface area contributed by atoms with E-state index in [2.05, 4.69) is 16.0 Å². The molecule has 3 saturated heterocycles. The first-order chi connectivity index (χ1) is 18.4. The van der Waals surface area contributed by atoms with E-state index in [0.29, 0.717) is 38.3 Å². The summed E-state index contributed by atoms with van der Waals surface area (Å²) in [6.45, 7) is -1.92. The van der Waals surface area contributed by atoms with E-state index in [0.717, 1.165) is 25.7 Å². The van der Waals surface area contributed by atoms with Gasteiger partial charge in [0.25, 0.3) is 0 Å². The minimum atomic E-state index is -4.26. The first-order valence-corrected chi connectivity index (χ1v) is 14.1. The number of ether oxygens (including phenoxy) is 1. The Bertz CT molecular complexity index is 859. The van der Waals surface area contributed by atoms with E-state index < -0.39 is 43.2 Å². The van der Waals surface area contributed by atoms with Gasteiger partial charge in [-0.3, -0.25) is 26.3 Å². The minimum Gasteiger partial charge on any atom is -0.338 e. The van der Waals surface area contributed by atoms with Crippen LogP contribution in [0.3, 0.4) is 0 Å². The van der Waals surface area contributed by atoms with Crippen LogP contribution in [0.5, 0.6) is 0 Å². The van der Waals surface area contributed by atoms with Crippen molar-refractivity contribution in [3.8, 4) is 0 Å². The lowest BCUT2D eigenvalue weighted by molar-refractivity contribution is -0.196. The van der Waals surface area contributed by atoms with E-state index in [9.17, 15) is 22.0 Å². The fourth-order valence-corrected chi connectivity index (χ4v) is 7.59. The Morgan fingerprint density at radius 2 is 1.74 bits per heavy atom. The third kappa shape index (κ3) is 6.00. The summed E-state index contributed by atoms with van der Waals surface area (Å²) in [6.07, 6.45) is -3.07. The molecule has 5 fully saturated rings. The number of alkyl halides is 6. The third-order valence-corrected chi connectivity index (χ3v) is 9.68. The van der Waals surface area contributed by atoms with E-state index in [1.165, 1.54) is 0 Å². The normalized spacial score (nSPS) is 42.4. The third-order valence-electron chi connectivity index (χ3n) is 9.68. The van der Waals surface area contributed by atoms with Gasteiger partial charge in [-0.2, -0.15) is 22.0 Å². The fraction of sp³-hybridized carbons (Fsp3) is 0.960. The summed E-state index contributed by atoms with van der Waals surface area (Å²) in [4.78, 5) is 5.64. The second kappa shape index (κ2) is 11.5. The van der Waals surface area contributed by atoms with Crippen LogP contribution in [0, 0.1) is 23.2 Å². The Labute approximate surface area is 225 Å².